The summed E-state index contributed by atoms with van der Waals surface area (Å²) >= 11 is 1.50. The average Bonchev–Trinajstić information content (AvgIpc) is 3.07. The normalized spacial score (nSPS) is 14.4. The second kappa shape index (κ2) is 5.95. The number of carbonyl (C=O) groups excluding carboxylic acids is 1. The van der Waals surface area contributed by atoms with Gasteiger partial charge in [-0.25, -0.2) is 9.97 Å². The van der Waals surface area contributed by atoms with Crippen molar-refractivity contribution >= 4 is 17.2 Å². The van der Waals surface area contributed by atoms with Gasteiger partial charge in [0.15, 0.2) is 0 Å². The van der Waals surface area contributed by atoms with Gasteiger partial charge in [0, 0.05) is 37.3 Å². The Morgan fingerprint density at radius 2 is 2.38 bits per heavy atom. The van der Waals surface area contributed by atoms with Crippen molar-refractivity contribution in [3.8, 4) is 0 Å². The molecule has 1 aliphatic rings. The lowest BCUT2D eigenvalue weighted by atomic mass is 10.3. The first-order valence-corrected chi connectivity index (χ1v) is 7.98. The lowest BCUT2D eigenvalue weighted by Gasteiger charge is -2.21. The number of amides is 1. The summed E-state index contributed by atoms with van der Waals surface area (Å²) in [7, 11) is 1.94. The van der Waals surface area contributed by atoms with Crippen molar-refractivity contribution in [2.45, 2.75) is 31.8 Å². The molecule has 7 heteroatoms. The Morgan fingerprint density at radius 3 is 3.00 bits per heavy atom. The molecule has 1 saturated carbocycles. The van der Waals surface area contributed by atoms with Crippen molar-refractivity contribution in [1.82, 2.24) is 19.4 Å². The van der Waals surface area contributed by atoms with E-state index in [9.17, 15) is 4.79 Å². The van der Waals surface area contributed by atoms with Crippen LogP contribution in [0.3, 0.4) is 0 Å². The SMILES string of the molecule is Cn1ccnc1CN(C(=O)c1csc(CCN)n1)C1CC1. The fourth-order valence-electron chi connectivity index (χ4n) is 2.25. The van der Waals surface area contributed by atoms with E-state index in [1.165, 1.54) is 11.3 Å². The highest BCUT2D eigenvalue weighted by Crippen LogP contribution is 2.29. The number of hydrogen-bond donors (Lipinski definition) is 1. The Labute approximate surface area is 127 Å². The molecule has 0 aliphatic heterocycles. The van der Waals surface area contributed by atoms with E-state index in [-0.39, 0.29) is 5.91 Å². The number of aryl methyl sites for hydroxylation is 1. The summed E-state index contributed by atoms with van der Waals surface area (Å²) in [6.07, 6.45) is 6.51. The number of hydrogen-bond acceptors (Lipinski definition) is 5. The van der Waals surface area contributed by atoms with Crippen LogP contribution in [-0.2, 0) is 20.0 Å². The highest BCUT2D eigenvalue weighted by atomic mass is 32.1. The lowest BCUT2D eigenvalue weighted by molar-refractivity contribution is 0.0718. The minimum atomic E-state index is 0.0000198. The number of imidazole rings is 1. The van der Waals surface area contributed by atoms with E-state index in [0.717, 1.165) is 30.1 Å². The summed E-state index contributed by atoms with van der Waals surface area (Å²) in [6.45, 7) is 1.09. The van der Waals surface area contributed by atoms with Crippen molar-refractivity contribution in [3.05, 3.63) is 34.3 Å². The standard InChI is InChI=1S/C14H19N5OS/c1-18-7-6-16-12(18)8-19(10-2-3-10)14(20)11-9-21-13(17-11)4-5-15/h6-7,9-10H,2-5,8,15H2,1H3. The molecule has 1 aliphatic carbocycles. The Hall–Kier alpha value is -1.73. The fraction of sp³-hybridized carbons (Fsp3) is 0.500. The third-order valence-corrected chi connectivity index (χ3v) is 4.52. The van der Waals surface area contributed by atoms with Crippen LogP contribution >= 0.6 is 11.3 Å². The van der Waals surface area contributed by atoms with Crippen LogP contribution in [0, 0.1) is 0 Å². The van der Waals surface area contributed by atoms with Crippen molar-refractivity contribution in [3.63, 3.8) is 0 Å². The van der Waals surface area contributed by atoms with E-state index in [4.69, 9.17) is 5.73 Å². The Bertz CT molecular complexity index is 631. The molecule has 2 aromatic heterocycles. The van der Waals surface area contributed by atoms with Crippen molar-refractivity contribution in [1.29, 1.82) is 0 Å². The number of nitrogens with two attached hydrogens (primary N) is 1. The molecular formula is C14H19N5OS. The van der Waals surface area contributed by atoms with Crippen LogP contribution in [0.5, 0.6) is 0 Å². The van der Waals surface area contributed by atoms with Crippen LogP contribution in [0.25, 0.3) is 0 Å². The van der Waals surface area contributed by atoms with Gasteiger partial charge >= 0.3 is 0 Å². The summed E-state index contributed by atoms with van der Waals surface area (Å²) in [6, 6.07) is 0.328. The van der Waals surface area contributed by atoms with Gasteiger partial charge in [-0.05, 0) is 19.4 Å². The maximum absolute atomic E-state index is 12.7. The van der Waals surface area contributed by atoms with Gasteiger partial charge in [-0.1, -0.05) is 0 Å². The third-order valence-electron chi connectivity index (χ3n) is 3.61. The molecule has 0 bridgehead atoms. The van der Waals surface area contributed by atoms with E-state index in [2.05, 4.69) is 9.97 Å². The largest absolute Gasteiger partial charge is 0.337 e. The van der Waals surface area contributed by atoms with Crippen LogP contribution in [0.15, 0.2) is 17.8 Å². The van der Waals surface area contributed by atoms with Crippen molar-refractivity contribution in [2.75, 3.05) is 6.54 Å². The van der Waals surface area contributed by atoms with Gasteiger partial charge in [0.1, 0.15) is 11.5 Å². The first-order valence-electron chi connectivity index (χ1n) is 7.10. The zero-order valence-corrected chi connectivity index (χ0v) is 12.8. The van der Waals surface area contributed by atoms with Crippen LogP contribution in [0.1, 0.15) is 34.2 Å². The van der Waals surface area contributed by atoms with Gasteiger partial charge in [-0.2, -0.15) is 0 Å². The number of rotatable bonds is 6. The molecule has 0 atom stereocenters. The monoisotopic (exact) mass is 305 g/mol. The second-order valence-electron chi connectivity index (χ2n) is 5.28. The van der Waals surface area contributed by atoms with Crippen LogP contribution < -0.4 is 5.73 Å². The highest BCUT2D eigenvalue weighted by Gasteiger charge is 2.34. The zero-order chi connectivity index (χ0) is 14.8. The molecule has 3 rings (SSSR count). The smallest absolute Gasteiger partial charge is 0.273 e. The number of nitrogens with zero attached hydrogens (tertiary/aromatic N) is 4. The number of carbonyl (C=O) groups is 1. The van der Waals surface area contributed by atoms with Gasteiger partial charge < -0.3 is 15.2 Å². The van der Waals surface area contributed by atoms with Crippen LogP contribution in [-0.4, -0.2) is 37.9 Å². The maximum Gasteiger partial charge on any atom is 0.273 e. The molecule has 0 spiro atoms. The predicted molar refractivity (Wildman–Crippen MR) is 81.0 cm³/mol. The summed E-state index contributed by atoms with van der Waals surface area (Å²) in [5, 5.41) is 2.76. The molecule has 2 N–H and O–H groups in total. The highest BCUT2D eigenvalue weighted by molar-refractivity contribution is 7.09. The van der Waals surface area contributed by atoms with Gasteiger partial charge in [0.2, 0.25) is 0 Å². The minimum absolute atomic E-state index is 0.0000198. The van der Waals surface area contributed by atoms with Gasteiger partial charge in [-0.3, -0.25) is 4.79 Å². The lowest BCUT2D eigenvalue weighted by Crippen LogP contribution is -2.33. The molecule has 0 radical (unpaired) electrons. The molecular weight excluding hydrogens is 286 g/mol. The third kappa shape index (κ3) is 3.14. The Morgan fingerprint density at radius 1 is 1.57 bits per heavy atom. The van der Waals surface area contributed by atoms with E-state index in [1.807, 2.05) is 28.1 Å². The Balaban J connectivity index is 1.76. The van der Waals surface area contributed by atoms with Crippen molar-refractivity contribution in [2.24, 2.45) is 12.8 Å². The summed E-state index contributed by atoms with van der Waals surface area (Å²) < 4.78 is 1.95. The van der Waals surface area contributed by atoms with Gasteiger partial charge in [-0.15, -0.1) is 11.3 Å². The molecule has 2 heterocycles. The molecule has 1 amide bonds. The molecule has 112 valence electrons. The number of aromatic nitrogens is 3. The molecule has 21 heavy (non-hydrogen) atoms. The topological polar surface area (TPSA) is 77.0 Å². The van der Waals surface area contributed by atoms with Crippen LogP contribution in [0.2, 0.25) is 0 Å². The number of thiazole rings is 1. The molecule has 0 aromatic carbocycles. The van der Waals surface area contributed by atoms with E-state index >= 15 is 0 Å². The average molecular weight is 305 g/mol. The fourth-order valence-corrected chi connectivity index (χ4v) is 3.04. The molecule has 1 fully saturated rings. The first kappa shape index (κ1) is 14.2. The maximum atomic E-state index is 12.7. The van der Waals surface area contributed by atoms with E-state index in [0.29, 0.717) is 24.8 Å². The molecule has 6 nitrogen and oxygen atoms in total. The van der Waals surface area contributed by atoms with Gasteiger partial charge in [0.25, 0.3) is 5.91 Å². The Kier molecular flexibility index (Phi) is 4.03. The molecule has 2 aromatic rings. The quantitative estimate of drug-likeness (QED) is 0.869. The van der Waals surface area contributed by atoms with E-state index < -0.39 is 0 Å². The van der Waals surface area contributed by atoms with Gasteiger partial charge in [0.05, 0.1) is 11.6 Å². The summed E-state index contributed by atoms with van der Waals surface area (Å²) in [4.78, 5) is 23.3. The predicted octanol–water partition coefficient (Wildman–Crippen LogP) is 1.18. The summed E-state index contributed by atoms with van der Waals surface area (Å²) in [5.74, 6) is 0.896. The van der Waals surface area contributed by atoms with E-state index in [1.54, 1.807) is 6.20 Å². The minimum Gasteiger partial charge on any atom is -0.337 e. The molecule has 0 unspecified atom stereocenters. The second-order valence-corrected chi connectivity index (χ2v) is 6.23. The zero-order valence-electron chi connectivity index (χ0n) is 12.0. The first-order chi connectivity index (χ1) is 10.2. The van der Waals surface area contributed by atoms with Crippen molar-refractivity contribution < 1.29 is 4.79 Å². The molecule has 0 saturated heterocycles. The summed E-state index contributed by atoms with van der Waals surface area (Å²) in [5.41, 5.74) is 6.06. The van der Waals surface area contributed by atoms with Crippen LogP contribution in [0.4, 0.5) is 0 Å².